The van der Waals surface area contributed by atoms with Crippen LogP contribution in [0.5, 0.6) is 0 Å². The zero-order valence-corrected chi connectivity index (χ0v) is 18.5. The third kappa shape index (κ3) is 3.53. The van der Waals surface area contributed by atoms with Gasteiger partial charge < -0.3 is 9.64 Å². The molecule has 2 atom stereocenters. The number of aromatic nitrogens is 1. The number of hydrogen-bond donors (Lipinski definition) is 0. The molecule has 6 rings (SSSR count). The first-order chi connectivity index (χ1) is 15.6. The Hall–Kier alpha value is -3.31. The van der Waals surface area contributed by atoms with Crippen molar-refractivity contribution in [2.75, 3.05) is 18.0 Å². The maximum absolute atomic E-state index is 5.90. The van der Waals surface area contributed by atoms with Crippen molar-refractivity contribution in [2.45, 2.75) is 38.9 Å². The van der Waals surface area contributed by atoms with Crippen molar-refractivity contribution < 1.29 is 4.74 Å². The van der Waals surface area contributed by atoms with Crippen molar-refractivity contribution in [3.05, 3.63) is 83.2 Å². The summed E-state index contributed by atoms with van der Waals surface area (Å²) in [5.74, 6) is 0. The number of benzene rings is 2. The first-order valence-corrected chi connectivity index (χ1v) is 11.4. The Bertz CT molecular complexity index is 1240. The van der Waals surface area contributed by atoms with Gasteiger partial charge in [-0.3, -0.25) is 15.0 Å². The second-order valence-electron chi connectivity index (χ2n) is 9.00. The van der Waals surface area contributed by atoms with Crippen LogP contribution < -0.4 is 4.90 Å². The fourth-order valence-corrected chi connectivity index (χ4v) is 5.00. The summed E-state index contributed by atoms with van der Waals surface area (Å²) < 4.78 is 5.90. The van der Waals surface area contributed by atoms with Crippen molar-refractivity contribution in [1.82, 2.24) is 4.98 Å². The molecule has 0 saturated carbocycles. The van der Waals surface area contributed by atoms with E-state index in [0.29, 0.717) is 0 Å². The van der Waals surface area contributed by atoms with E-state index < -0.39 is 0 Å². The van der Waals surface area contributed by atoms with Gasteiger partial charge in [-0.2, -0.15) is 0 Å². The summed E-state index contributed by atoms with van der Waals surface area (Å²) in [5, 5.41) is 0. The summed E-state index contributed by atoms with van der Waals surface area (Å²) in [4.78, 5) is 16.7. The number of hydrogen-bond acceptors (Lipinski definition) is 5. The van der Waals surface area contributed by atoms with Crippen LogP contribution in [-0.4, -0.2) is 41.7 Å². The number of anilines is 1. The highest BCUT2D eigenvalue weighted by molar-refractivity contribution is 6.09. The number of aliphatic imine (C=N–C) groups is 2. The molecule has 0 N–H and O–H groups in total. The maximum Gasteiger partial charge on any atom is 0.0848 e. The van der Waals surface area contributed by atoms with E-state index in [1.807, 2.05) is 24.4 Å². The van der Waals surface area contributed by atoms with E-state index in [4.69, 9.17) is 14.7 Å². The summed E-state index contributed by atoms with van der Waals surface area (Å²) >= 11 is 0. The fourth-order valence-electron chi connectivity index (χ4n) is 5.00. The van der Waals surface area contributed by atoms with Gasteiger partial charge >= 0.3 is 0 Å². The van der Waals surface area contributed by atoms with Gasteiger partial charge in [-0.1, -0.05) is 12.1 Å². The van der Waals surface area contributed by atoms with Crippen molar-refractivity contribution in [2.24, 2.45) is 9.98 Å². The summed E-state index contributed by atoms with van der Waals surface area (Å²) in [7, 11) is 0. The average molecular weight is 423 g/mol. The van der Waals surface area contributed by atoms with Gasteiger partial charge in [0.05, 0.1) is 40.7 Å². The van der Waals surface area contributed by atoms with E-state index in [1.54, 1.807) is 0 Å². The molecule has 0 unspecified atom stereocenters. The molecule has 0 spiro atoms. The molecule has 3 aliphatic rings. The highest BCUT2D eigenvalue weighted by Crippen LogP contribution is 2.35. The average Bonchev–Trinajstić information content (AvgIpc) is 3.42. The van der Waals surface area contributed by atoms with Crippen LogP contribution in [0.15, 0.2) is 70.8 Å². The van der Waals surface area contributed by atoms with Crippen LogP contribution in [0.3, 0.4) is 0 Å². The van der Waals surface area contributed by atoms with Crippen molar-refractivity contribution in [3.8, 4) is 0 Å². The van der Waals surface area contributed by atoms with Crippen LogP contribution in [0.1, 0.15) is 36.2 Å². The van der Waals surface area contributed by atoms with Crippen LogP contribution in [0, 0.1) is 0 Å². The number of fused-ring (bicyclic) bond motifs is 2. The van der Waals surface area contributed by atoms with Gasteiger partial charge in [0.15, 0.2) is 0 Å². The number of nitrogens with zero attached hydrogens (tertiary/aromatic N) is 4. The number of pyridine rings is 1. The van der Waals surface area contributed by atoms with Crippen LogP contribution in [0.2, 0.25) is 0 Å². The van der Waals surface area contributed by atoms with Crippen LogP contribution in [0.25, 0.3) is 0 Å². The topological polar surface area (TPSA) is 50.1 Å². The zero-order valence-electron chi connectivity index (χ0n) is 18.5. The van der Waals surface area contributed by atoms with Gasteiger partial charge in [-0.25, -0.2) is 0 Å². The summed E-state index contributed by atoms with van der Waals surface area (Å²) in [5.41, 5.74) is 10.3. The second kappa shape index (κ2) is 7.68. The largest absolute Gasteiger partial charge is 0.372 e. The quantitative estimate of drug-likeness (QED) is 0.594. The van der Waals surface area contributed by atoms with E-state index in [-0.39, 0.29) is 12.2 Å². The highest BCUT2D eigenvalue weighted by atomic mass is 16.5. The molecule has 0 aliphatic carbocycles. The Kier molecular flexibility index (Phi) is 4.65. The second-order valence-corrected chi connectivity index (χ2v) is 9.00. The van der Waals surface area contributed by atoms with E-state index >= 15 is 0 Å². The van der Waals surface area contributed by atoms with Gasteiger partial charge in [-0.05, 0) is 73.0 Å². The molecule has 3 aromatic rings. The van der Waals surface area contributed by atoms with E-state index in [1.165, 1.54) is 22.4 Å². The fraction of sp³-hybridized carbons (Fsp3) is 0.296. The molecule has 4 heterocycles. The smallest absolute Gasteiger partial charge is 0.0848 e. The lowest BCUT2D eigenvalue weighted by atomic mass is 9.99. The molecule has 32 heavy (non-hydrogen) atoms. The molecule has 5 nitrogen and oxygen atoms in total. The maximum atomic E-state index is 5.90. The Morgan fingerprint density at radius 1 is 0.812 bits per heavy atom. The third-order valence-electron chi connectivity index (χ3n) is 6.45. The molecule has 0 radical (unpaired) electrons. The summed E-state index contributed by atoms with van der Waals surface area (Å²) in [6.45, 7) is 6.16. The molecule has 5 heteroatoms. The van der Waals surface area contributed by atoms with E-state index in [2.05, 4.69) is 60.1 Å². The normalized spacial score (nSPS) is 21.8. The molecule has 2 aromatic carbocycles. The Morgan fingerprint density at radius 3 is 2.31 bits per heavy atom. The zero-order chi connectivity index (χ0) is 21.7. The van der Waals surface area contributed by atoms with Gasteiger partial charge in [0.25, 0.3) is 0 Å². The molecule has 0 amide bonds. The Labute approximate surface area is 188 Å². The molecule has 0 bridgehead atoms. The number of morpholine rings is 1. The Balaban J connectivity index is 1.21. The van der Waals surface area contributed by atoms with Crippen molar-refractivity contribution in [1.29, 1.82) is 0 Å². The highest BCUT2D eigenvalue weighted by Gasteiger charge is 2.25. The summed E-state index contributed by atoms with van der Waals surface area (Å²) in [6.07, 6.45) is 4.01. The molecule has 1 fully saturated rings. The van der Waals surface area contributed by atoms with Gasteiger partial charge in [0.1, 0.15) is 0 Å². The standard InChI is InChI=1S/C27H26N4O/c1-17-15-31(16-18(2)32-17)22-7-9-24-21(12-22)13-26(29-24)19-6-8-23-20(11-19)14-27(30-23)25-5-3-4-10-28-25/h3-12,17-18H,13-16H2,1-2H3/t17-,18+. The van der Waals surface area contributed by atoms with Gasteiger partial charge in [0.2, 0.25) is 0 Å². The third-order valence-corrected chi connectivity index (χ3v) is 6.45. The Morgan fingerprint density at radius 2 is 1.53 bits per heavy atom. The minimum Gasteiger partial charge on any atom is -0.372 e. The first kappa shape index (κ1) is 19.4. The van der Waals surface area contributed by atoms with Crippen LogP contribution >= 0.6 is 0 Å². The lowest BCUT2D eigenvalue weighted by Crippen LogP contribution is -2.45. The lowest BCUT2D eigenvalue weighted by Gasteiger charge is -2.37. The molecular weight excluding hydrogens is 396 g/mol. The molecule has 1 aromatic heterocycles. The predicted octanol–water partition coefficient (Wildman–Crippen LogP) is 5.05. The molecule has 1 saturated heterocycles. The van der Waals surface area contributed by atoms with Crippen LogP contribution in [0.4, 0.5) is 17.1 Å². The first-order valence-electron chi connectivity index (χ1n) is 11.4. The molecule has 160 valence electrons. The van der Waals surface area contributed by atoms with Crippen molar-refractivity contribution >= 4 is 28.5 Å². The number of ether oxygens (including phenoxy) is 1. The number of rotatable bonds is 3. The lowest BCUT2D eigenvalue weighted by molar-refractivity contribution is -0.00521. The monoisotopic (exact) mass is 422 g/mol. The van der Waals surface area contributed by atoms with Gasteiger partial charge in [-0.15, -0.1) is 0 Å². The van der Waals surface area contributed by atoms with Crippen LogP contribution in [-0.2, 0) is 17.6 Å². The minimum absolute atomic E-state index is 0.253. The predicted molar refractivity (Wildman–Crippen MR) is 129 cm³/mol. The molecule has 3 aliphatic heterocycles. The minimum atomic E-state index is 0.253. The van der Waals surface area contributed by atoms with Crippen molar-refractivity contribution in [3.63, 3.8) is 0 Å². The SMILES string of the molecule is C[C@@H]1CN(c2ccc3c(c2)CC(c2ccc4c(c2)CC(c2ccccn2)=N4)=N3)C[C@H](C)O1. The molecular formula is C27H26N4O. The van der Waals surface area contributed by atoms with Gasteiger partial charge in [0, 0.05) is 37.8 Å². The summed E-state index contributed by atoms with van der Waals surface area (Å²) in [6, 6.07) is 19.2. The van der Waals surface area contributed by atoms with E-state index in [0.717, 1.165) is 54.4 Å². The van der Waals surface area contributed by atoms with E-state index in [9.17, 15) is 0 Å².